The number of aromatic nitrogens is 5. The van der Waals surface area contributed by atoms with Gasteiger partial charge in [0.05, 0.1) is 23.6 Å². The quantitative estimate of drug-likeness (QED) is 0.504. The molecule has 4 aromatic heterocycles. The number of amides is 1. The molecule has 152 valence electrons. The Morgan fingerprint density at radius 1 is 1.14 bits per heavy atom. The van der Waals surface area contributed by atoms with Crippen LogP contribution in [0.4, 0.5) is 0 Å². The molecule has 0 N–H and O–H groups in total. The van der Waals surface area contributed by atoms with Crippen LogP contribution in [0.2, 0.25) is 0 Å². The van der Waals surface area contributed by atoms with Crippen LogP contribution < -0.4 is 0 Å². The van der Waals surface area contributed by atoms with Crippen molar-refractivity contribution in [1.29, 1.82) is 0 Å². The maximum atomic E-state index is 12.8. The van der Waals surface area contributed by atoms with Crippen LogP contribution in [-0.2, 0) is 17.8 Å². The fourth-order valence-electron chi connectivity index (χ4n) is 3.84. The molecule has 0 spiro atoms. The predicted octanol–water partition coefficient (Wildman–Crippen LogP) is 3.57. The van der Waals surface area contributed by atoms with Gasteiger partial charge in [-0.15, -0.1) is 11.3 Å². The first-order chi connectivity index (χ1) is 13.7. The number of rotatable bonds is 5. The van der Waals surface area contributed by atoms with Gasteiger partial charge in [-0.05, 0) is 46.6 Å². The van der Waals surface area contributed by atoms with Gasteiger partial charge < -0.3 is 4.90 Å². The molecule has 0 aliphatic rings. The number of nitrogens with zero attached hydrogens (tertiary/aromatic N) is 6. The Morgan fingerprint density at radius 2 is 1.90 bits per heavy atom. The van der Waals surface area contributed by atoms with E-state index in [1.807, 2.05) is 45.3 Å². The minimum absolute atomic E-state index is 0.113. The van der Waals surface area contributed by atoms with Gasteiger partial charge in [0.1, 0.15) is 0 Å². The van der Waals surface area contributed by atoms with Crippen molar-refractivity contribution in [2.75, 3.05) is 7.05 Å². The lowest BCUT2D eigenvalue weighted by Crippen LogP contribution is -2.27. The van der Waals surface area contributed by atoms with Crippen LogP contribution >= 0.6 is 11.3 Å². The summed E-state index contributed by atoms with van der Waals surface area (Å²) in [6.45, 7) is 10.6. The van der Waals surface area contributed by atoms with Gasteiger partial charge in [-0.2, -0.15) is 5.10 Å². The molecule has 4 aromatic rings. The molecular weight excluding hydrogens is 384 g/mol. The molecule has 0 bridgehead atoms. The highest BCUT2D eigenvalue weighted by Gasteiger charge is 2.18. The summed E-state index contributed by atoms with van der Waals surface area (Å²) >= 11 is 1.67. The molecule has 0 aliphatic carbocycles. The third-order valence-corrected chi connectivity index (χ3v) is 6.33. The summed E-state index contributed by atoms with van der Waals surface area (Å²) in [4.78, 5) is 26.1. The molecule has 0 fully saturated rings. The van der Waals surface area contributed by atoms with Crippen LogP contribution in [0.5, 0.6) is 0 Å². The molecule has 7 nitrogen and oxygen atoms in total. The molecule has 0 aliphatic heterocycles. The molecule has 0 radical (unpaired) electrons. The first kappa shape index (κ1) is 19.6. The molecule has 1 amide bonds. The Labute approximate surface area is 174 Å². The van der Waals surface area contributed by atoms with Crippen molar-refractivity contribution in [3.8, 4) is 0 Å². The van der Waals surface area contributed by atoms with Gasteiger partial charge in [0.2, 0.25) is 5.91 Å². The summed E-state index contributed by atoms with van der Waals surface area (Å²) in [6, 6.07) is 1.98. The molecule has 0 saturated carbocycles. The van der Waals surface area contributed by atoms with Gasteiger partial charge in [-0.1, -0.05) is 0 Å². The van der Waals surface area contributed by atoms with E-state index in [0.29, 0.717) is 19.4 Å². The average molecular weight is 411 g/mol. The summed E-state index contributed by atoms with van der Waals surface area (Å²) in [5, 5.41) is 4.52. The van der Waals surface area contributed by atoms with Crippen molar-refractivity contribution >= 4 is 27.9 Å². The lowest BCUT2D eigenvalue weighted by Gasteiger charge is -2.18. The standard InChI is InChI=1S/C21H26N6OS/c1-12-9-19-22-14(3)17(16(5)27(19)24-12)7-8-20(28)25(6)11-18-15(4)23-21-26(18)10-13(2)29-21/h9-10H,7-8,11H2,1-6H3. The molecule has 0 unspecified atom stereocenters. The molecule has 0 atom stereocenters. The van der Waals surface area contributed by atoms with Crippen LogP contribution in [-0.4, -0.2) is 41.8 Å². The third-order valence-electron chi connectivity index (χ3n) is 5.43. The smallest absolute Gasteiger partial charge is 0.222 e. The second-order valence-corrected chi connectivity index (χ2v) is 8.92. The predicted molar refractivity (Wildman–Crippen MR) is 115 cm³/mol. The Kier molecular flexibility index (Phi) is 4.90. The van der Waals surface area contributed by atoms with Crippen molar-refractivity contribution in [2.45, 2.75) is 54.0 Å². The second-order valence-electron chi connectivity index (χ2n) is 7.70. The fourth-order valence-corrected chi connectivity index (χ4v) is 4.73. The molecule has 4 rings (SSSR count). The van der Waals surface area contributed by atoms with Gasteiger partial charge in [0, 0.05) is 42.0 Å². The van der Waals surface area contributed by atoms with Gasteiger partial charge in [0.15, 0.2) is 10.6 Å². The van der Waals surface area contributed by atoms with Gasteiger partial charge in [-0.25, -0.2) is 14.5 Å². The zero-order valence-corrected chi connectivity index (χ0v) is 18.6. The summed E-state index contributed by atoms with van der Waals surface area (Å²) in [5.41, 5.74) is 6.97. The monoisotopic (exact) mass is 410 g/mol. The van der Waals surface area contributed by atoms with E-state index in [4.69, 9.17) is 0 Å². The first-order valence-corrected chi connectivity index (χ1v) is 10.6. The van der Waals surface area contributed by atoms with E-state index >= 15 is 0 Å². The van der Waals surface area contributed by atoms with Crippen LogP contribution in [0.25, 0.3) is 10.6 Å². The molecular formula is C21H26N6OS. The molecule has 4 heterocycles. The van der Waals surface area contributed by atoms with Crippen molar-refractivity contribution in [2.24, 2.45) is 0 Å². The Bertz CT molecular complexity index is 1230. The Morgan fingerprint density at radius 3 is 2.66 bits per heavy atom. The van der Waals surface area contributed by atoms with Crippen molar-refractivity contribution < 1.29 is 4.79 Å². The topological polar surface area (TPSA) is 67.8 Å². The summed E-state index contributed by atoms with van der Waals surface area (Å²) < 4.78 is 3.97. The maximum absolute atomic E-state index is 12.8. The van der Waals surface area contributed by atoms with E-state index in [0.717, 1.165) is 44.6 Å². The van der Waals surface area contributed by atoms with E-state index in [1.54, 1.807) is 16.2 Å². The minimum atomic E-state index is 0.113. The third kappa shape index (κ3) is 3.53. The number of imidazole rings is 1. The van der Waals surface area contributed by atoms with Crippen LogP contribution in [0.15, 0.2) is 12.3 Å². The average Bonchev–Trinajstić information content (AvgIpc) is 3.27. The molecule has 8 heteroatoms. The van der Waals surface area contributed by atoms with Gasteiger partial charge >= 0.3 is 0 Å². The van der Waals surface area contributed by atoms with E-state index in [-0.39, 0.29) is 5.91 Å². The van der Waals surface area contributed by atoms with Crippen molar-refractivity contribution in [3.05, 3.63) is 51.2 Å². The molecule has 0 saturated heterocycles. The van der Waals surface area contributed by atoms with Gasteiger partial charge in [-0.3, -0.25) is 9.20 Å². The normalized spacial score (nSPS) is 11.7. The number of carbonyl (C=O) groups is 1. The molecule has 0 aromatic carbocycles. The van der Waals surface area contributed by atoms with E-state index in [9.17, 15) is 4.79 Å². The van der Waals surface area contributed by atoms with E-state index in [1.165, 1.54) is 4.88 Å². The van der Waals surface area contributed by atoms with E-state index in [2.05, 4.69) is 32.6 Å². The number of aryl methyl sites for hydroxylation is 5. The maximum Gasteiger partial charge on any atom is 0.222 e. The SMILES string of the molecule is Cc1cc2nc(C)c(CCC(=O)N(C)Cc3c(C)nc4sc(C)cn34)c(C)n2n1. The summed E-state index contributed by atoms with van der Waals surface area (Å²) in [6.07, 6.45) is 3.18. The largest absolute Gasteiger partial charge is 0.340 e. The van der Waals surface area contributed by atoms with Crippen LogP contribution in [0.3, 0.4) is 0 Å². The van der Waals surface area contributed by atoms with E-state index < -0.39 is 0 Å². The number of carbonyl (C=O) groups excluding carboxylic acids is 1. The first-order valence-electron chi connectivity index (χ1n) is 9.75. The number of hydrogen-bond acceptors (Lipinski definition) is 5. The zero-order chi connectivity index (χ0) is 20.9. The minimum Gasteiger partial charge on any atom is -0.340 e. The molecule has 29 heavy (non-hydrogen) atoms. The highest BCUT2D eigenvalue weighted by atomic mass is 32.1. The highest BCUT2D eigenvalue weighted by Crippen LogP contribution is 2.22. The zero-order valence-electron chi connectivity index (χ0n) is 17.8. The summed E-state index contributed by atoms with van der Waals surface area (Å²) in [7, 11) is 1.86. The van der Waals surface area contributed by atoms with Crippen molar-refractivity contribution in [3.63, 3.8) is 0 Å². The highest BCUT2D eigenvalue weighted by molar-refractivity contribution is 7.17. The van der Waals surface area contributed by atoms with Crippen LogP contribution in [0, 0.1) is 34.6 Å². The van der Waals surface area contributed by atoms with Gasteiger partial charge in [0.25, 0.3) is 0 Å². The lowest BCUT2D eigenvalue weighted by molar-refractivity contribution is -0.130. The number of fused-ring (bicyclic) bond motifs is 2. The number of thiazole rings is 1. The Hall–Kier alpha value is -2.74. The fraction of sp³-hybridized carbons (Fsp3) is 0.429. The Balaban J connectivity index is 1.49. The second kappa shape index (κ2) is 7.26. The lowest BCUT2D eigenvalue weighted by atomic mass is 10.1. The number of hydrogen-bond donors (Lipinski definition) is 0. The summed E-state index contributed by atoms with van der Waals surface area (Å²) in [5.74, 6) is 0.113. The van der Waals surface area contributed by atoms with Crippen molar-refractivity contribution in [1.82, 2.24) is 28.9 Å². The van der Waals surface area contributed by atoms with Crippen LogP contribution in [0.1, 0.15) is 45.3 Å².